The van der Waals surface area contributed by atoms with Gasteiger partial charge in [0.1, 0.15) is 12.1 Å². The van der Waals surface area contributed by atoms with Crippen LogP contribution in [0.2, 0.25) is 0 Å². The van der Waals surface area contributed by atoms with Crippen molar-refractivity contribution in [2.24, 2.45) is 5.92 Å². The van der Waals surface area contributed by atoms with E-state index in [1.54, 1.807) is 6.92 Å². The first kappa shape index (κ1) is 19.1. The summed E-state index contributed by atoms with van der Waals surface area (Å²) in [6, 6.07) is -1.22. The zero-order chi connectivity index (χ0) is 19.6. The fourth-order valence-corrected chi connectivity index (χ4v) is 3.57. The molecule has 0 bridgehead atoms. The first-order valence-corrected chi connectivity index (χ1v) is 9.19. The Labute approximate surface area is 156 Å². The minimum absolute atomic E-state index is 0.0563. The van der Waals surface area contributed by atoms with E-state index in [2.05, 4.69) is 16.0 Å². The monoisotopic (exact) mass is 380 g/mol. The van der Waals surface area contributed by atoms with Crippen molar-refractivity contribution in [1.29, 1.82) is 0 Å². The molecule has 0 radical (unpaired) electrons. The Hall–Kier alpha value is -2.65. The zero-order valence-electron chi connectivity index (χ0n) is 15.2. The Bertz CT molecular complexity index is 670. The maximum absolute atomic E-state index is 12.4. The van der Waals surface area contributed by atoms with Crippen LogP contribution in [0.1, 0.15) is 45.4 Å². The molecule has 10 nitrogen and oxygen atoms in total. The predicted molar refractivity (Wildman–Crippen MR) is 91.3 cm³/mol. The topological polar surface area (TPSA) is 134 Å². The van der Waals surface area contributed by atoms with Gasteiger partial charge in [-0.2, -0.15) is 0 Å². The van der Waals surface area contributed by atoms with E-state index in [1.165, 1.54) is 0 Å². The molecule has 2 saturated carbocycles. The summed E-state index contributed by atoms with van der Waals surface area (Å²) in [6.45, 7) is 0.404. The third-order valence-corrected chi connectivity index (χ3v) is 5.29. The maximum Gasteiger partial charge on any atom is 0.326 e. The van der Waals surface area contributed by atoms with Crippen molar-refractivity contribution in [3.05, 3.63) is 0 Å². The van der Waals surface area contributed by atoms with E-state index in [-0.39, 0.29) is 12.0 Å². The highest BCUT2D eigenvalue weighted by Crippen LogP contribution is 2.42. The normalized spacial score (nSPS) is 25.3. The van der Waals surface area contributed by atoms with Crippen LogP contribution in [0.3, 0.4) is 0 Å². The fourth-order valence-electron chi connectivity index (χ4n) is 3.57. The summed E-state index contributed by atoms with van der Waals surface area (Å²) >= 11 is 0. The summed E-state index contributed by atoms with van der Waals surface area (Å²) in [4.78, 5) is 60.4. The van der Waals surface area contributed by atoms with E-state index >= 15 is 0 Å². The molecular weight excluding hydrogens is 356 g/mol. The molecular formula is C17H24N4O6. The zero-order valence-corrected chi connectivity index (χ0v) is 15.2. The van der Waals surface area contributed by atoms with Gasteiger partial charge < -0.3 is 15.4 Å². The van der Waals surface area contributed by atoms with Gasteiger partial charge in [0.15, 0.2) is 6.61 Å². The second-order valence-corrected chi connectivity index (χ2v) is 7.46. The van der Waals surface area contributed by atoms with Crippen molar-refractivity contribution in [3.8, 4) is 0 Å². The largest absolute Gasteiger partial charge is 0.454 e. The highest BCUT2D eigenvalue weighted by molar-refractivity contribution is 6.09. The summed E-state index contributed by atoms with van der Waals surface area (Å²) in [5, 5.41) is 7.38. The molecule has 27 heavy (non-hydrogen) atoms. The Morgan fingerprint density at radius 3 is 2.48 bits per heavy atom. The SMILES string of the molecule is C[C@]1(C2CC2)NC(=O)N(CC(=O)OCC(=O)NC(=O)NC2CCCC2)C1=O. The molecule has 0 aromatic carbocycles. The van der Waals surface area contributed by atoms with Gasteiger partial charge in [-0.1, -0.05) is 12.8 Å². The van der Waals surface area contributed by atoms with Crippen LogP contribution < -0.4 is 16.0 Å². The van der Waals surface area contributed by atoms with Gasteiger partial charge in [0.25, 0.3) is 11.8 Å². The Kier molecular flexibility index (Phi) is 5.33. The fraction of sp³-hybridized carbons (Fsp3) is 0.706. The van der Waals surface area contributed by atoms with Crippen molar-refractivity contribution in [2.75, 3.05) is 13.2 Å². The first-order chi connectivity index (χ1) is 12.8. The van der Waals surface area contributed by atoms with Gasteiger partial charge in [0.05, 0.1) is 0 Å². The van der Waals surface area contributed by atoms with Crippen LogP contribution in [-0.2, 0) is 19.1 Å². The molecule has 3 N–H and O–H groups in total. The van der Waals surface area contributed by atoms with Crippen molar-refractivity contribution >= 4 is 29.8 Å². The molecule has 1 atom stereocenters. The van der Waals surface area contributed by atoms with E-state index < -0.39 is 48.5 Å². The number of rotatable bonds is 6. The van der Waals surface area contributed by atoms with Crippen LogP contribution in [0, 0.1) is 5.92 Å². The molecule has 148 valence electrons. The highest BCUT2D eigenvalue weighted by atomic mass is 16.5. The summed E-state index contributed by atoms with van der Waals surface area (Å²) in [7, 11) is 0. The molecule has 6 amide bonds. The number of nitrogens with zero attached hydrogens (tertiary/aromatic N) is 1. The summed E-state index contributed by atoms with van der Waals surface area (Å²) in [6.07, 6.45) is 5.54. The molecule has 3 rings (SSSR count). The Morgan fingerprint density at radius 1 is 1.19 bits per heavy atom. The number of hydrogen-bond donors (Lipinski definition) is 3. The van der Waals surface area contributed by atoms with Crippen LogP contribution in [-0.4, -0.2) is 59.5 Å². The summed E-state index contributed by atoms with van der Waals surface area (Å²) < 4.78 is 4.77. The van der Waals surface area contributed by atoms with Crippen molar-refractivity contribution in [1.82, 2.24) is 20.9 Å². The average Bonchev–Trinajstić information content (AvgIpc) is 3.31. The Balaban J connectivity index is 1.40. The number of hydrogen-bond acceptors (Lipinski definition) is 6. The average molecular weight is 380 g/mol. The van der Waals surface area contributed by atoms with Crippen LogP contribution >= 0.6 is 0 Å². The lowest BCUT2D eigenvalue weighted by Gasteiger charge is -2.20. The quantitative estimate of drug-likeness (QED) is 0.439. The molecule has 3 aliphatic rings. The molecule has 1 saturated heterocycles. The number of imide groups is 2. The second kappa shape index (κ2) is 7.53. The molecule has 1 aliphatic heterocycles. The van der Waals surface area contributed by atoms with Crippen LogP contribution in [0.15, 0.2) is 0 Å². The lowest BCUT2D eigenvalue weighted by atomic mass is 9.96. The molecule has 0 aromatic rings. The minimum Gasteiger partial charge on any atom is -0.454 e. The predicted octanol–water partition coefficient (Wildman–Crippen LogP) is 0.0185. The molecule has 0 unspecified atom stereocenters. The number of carbonyl (C=O) groups excluding carboxylic acids is 5. The summed E-state index contributed by atoms with van der Waals surface area (Å²) in [5.74, 6) is -2.06. The van der Waals surface area contributed by atoms with Gasteiger partial charge >= 0.3 is 18.0 Å². The molecule has 1 heterocycles. The van der Waals surface area contributed by atoms with E-state index in [0.29, 0.717) is 0 Å². The van der Waals surface area contributed by atoms with E-state index in [0.717, 1.165) is 43.4 Å². The van der Waals surface area contributed by atoms with Gasteiger partial charge in [-0.05, 0) is 38.5 Å². The third-order valence-electron chi connectivity index (χ3n) is 5.29. The van der Waals surface area contributed by atoms with Crippen LogP contribution in [0.4, 0.5) is 9.59 Å². The number of ether oxygens (including phenoxy) is 1. The maximum atomic E-state index is 12.4. The van der Waals surface area contributed by atoms with E-state index in [9.17, 15) is 24.0 Å². The molecule has 0 aromatic heterocycles. The van der Waals surface area contributed by atoms with Gasteiger partial charge in [-0.25, -0.2) is 9.59 Å². The number of carbonyl (C=O) groups is 5. The summed E-state index contributed by atoms with van der Waals surface area (Å²) in [5.41, 5.74) is -0.979. The smallest absolute Gasteiger partial charge is 0.326 e. The first-order valence-electron chi connectivity index (χ1n) is 9.19. The van der Waals surface area contributed by atoms with Gasteiger partial charge in [0, 0.05) is 6.04 Å². The third kappa shape index (κ3) is 4.37. The number of urea groups is 2. The lowest BCUT2D eigenvalue weighted by Crippen LogP contribution is -2.46. The van der Waals surface area contributed by atoms with Crippen molar-refractivity contribution < 1.29 is 28.7 Å². The van der Waals surface area contributed by atoms with Crippen LogP contribution in [0.5, 0.6) is 0 Å². The van der Waals surface area contributed by atoms with E-state index in [1.807, 2.05) is 0 Å². The molecule has 0 spiro atoms. The number of amides is 6. The highest BCUT2D eigenvalue weighted by Gasteiger charge is 2.56. The molecule has 3 fully saturated rings. The lowest BCUT2D eigenvalue weighted by molar-refractivity contribution is -0.150. The van der Waals surface area contributed by atoms with Gasteiger partial charge in [0.2, 0.25) is 0 Å². The number of esters is 1. The second-order valence-electron chi connectivity index (χ2n) is 7.46. The Morgan fingerprint density at radius 2 is 1.85 bits per heavy atom. The standard InChI is InChI=1S/C17H24N4O6/c1-17(10-6-7-10)14(24)21(16(26)20-17)8-13(23)27-9-12(22)19-15(25)18-11-4-2-3-5-11/h10-11H,2-9H2,1H3,(H,20,26)(H2,18,19,22,25)/t17-/m1/s1. The minimum atomic E-state index is -0.979. The van der Waals surface area contributed by atoms with Gasteiger partial charge in [-0.15, -0.1) is 0 Å². The van der Waals surface area contributed by atoms with Crippen molar-refractivity contribution in [3.63, 3.8) is 0 Å². The van der Waals surface area contributed by atoms with E-state index in [4.69, 9.17) is 4.74 Å². The molecule has 10 heteroatoms. The van der Waals surface area contributed by atoms with Crippen molar-refractivity contribution in [2.45, 2.75) is 57.0 Å². The number of nitrogens with one attached hydrogen (secondary N) is 3. The van der Waals surface area contributed by atoms with Crippen LogP contribution in [0.25, 0.3) is 0 Å². The molecule has 2 aliphatic carbocycles. The van der Waals surface area contributed by atoms with Gasteiger partial charge in [-0.3, -0.25) is 24.6 Å².